The van der Waals surface area contributed by atoms with Crippen molar-refractivity contribution >= 4 is 33.4 Å². The molecule has 6 heteroatoms. The number of anilines is 1. The number of hydrogen-bond acceptors (Lipinski definition) is 2. The van der Waals surface area contributed by atoms with Gasteiger partial charge in [-0.3, -0.25) is 9.59 Å². The van der Waals surface area contributed by atoms with Gasteiger partial charge in [-0.2, -0.15) is 0 Å². The van der Waals surface area contributed by atoms with Crippen LogP contribution in [-0.2, 0) is 17.8 Å². The van der Waals surface area contributed by atoms with Gasteiger partial charge >= 0.3 is 0 Å². The molecule has 0 fully saturated rings. The highest BCUT2D eigenvalue weighted by Crippen LogP contribution is 2.27. The lowest BCUT2D eigenvalue weighted by Crippen LogP contribution is -2.36. The van der Waals surface area contributed by atoms with Gasteiger partial charge in [0.25, 0.3) is 5.91 Å². The Morgan fingerprint density at radius 1 is 1.24 bits per heavy atom. The average Bonchev–Trinajstić information content (AvgIpc) is 2.61. The summed E-state index contributed by atoms with van der Waals surface area (Å²) in [6.07, 6.45) is 1.79. The molecule has 1 N–H and O–H groups in total. The molecule has 128 valence electrons. The maximum atomic E-state index is 14.2. The lowest BCUT2D eigenvalue weighted by Gasteiger charge is -2.29. The van der Waals surface area contributed by atoms with Gasteiger partial charge in [0, 0.05) is 34.4 Å². The summed E-state index contributed by atoms with van der Waals surface area (Å²) in [5, 5.41) is 2.63. The van der Waals surface area contributed by atoms with E-state index in [9.17, 15) is 14.0 Å². The molecule has 0 saturated heterocycles. The predicted octanol–water partition coefficient (Wildman–Crippen LogP) is 3.91. The van der Waals surface area contributed by atoms with Gasteiger partial charge in [0.15, 0.2) is 0 Å². The molecule has 3 rings (SSSR count). The van der Waals surface area contributed by atoms with Crippen LogP contribution in [0, 0.1) is 5.82 Å². The second-order valence-electron chi connectivity index (χ2n) is 5.77. The standard InChI is InChI=1S/C19H16BrFN2O2/c1-2-18(24)22-15-5-3-12(4-6-15)19(25)23-8-7-13-9-14(20)10-17(21)16(13)11-23/h2-6,9-10H,1,7-8,11H2,(H,22,24). The number of fused-ring (bicyclic) bond motifs is 1. The van der Waals surface area contributed by atoms with Crippen LogP contribution < -0.4 is 5.32 Å². The van der Waals surface area contributed by atoms with Crippen molar-refractivity contribution in [1.82, 2.24) is 4.90 Å². The molecular weight excluding hydrogens is 387 g/mol. The largest absolute Gasteiger partial charge is 0.334 e. The second kappa shape index (κ2) is 7.19. The van der Waals surface area contributed by atoms with E-state index >= 15 is 0 Å². The van der Waals surface area contributed by atoms with Crippen molar-refractivity contribution in [2.24, 2.45) is 0 Å². The van der Waals surface area contributed by atoms with Gasteiger partial charge in [0.2, 0.25) is 5.91 Å². The summed E-state index contributed by atoms with van der Waals surface area (Å²) in [6, 6.07) is 9.93. The smallest absolute Gasteiger partial charge is 0.254 e. The van der Waals surface area contributed by atoms with Crippen molar-refractivity contribution in [2.45, 2.75) is 13.0 Å². The Labute approximate surface area is 153 Å². The van der Waals surface area contributed by atoms with E-state index in [-0.39, 0.29) is 24.2 Å². The SMILES string of the molecule is C=CC(=O)Nc1ccc(C(=O)N2CCc3cc(Br)cc(F)c3C2)cc1. The van der Waals surface area contributed by atoms with Crippen molar-refractivity contribution in [3.8, 4) is 0 Å². The first-order valence-electron chi connectivity index (χ1n) is 7.77. The first kappa shape index (κ1) is 17.4. The Kier molecular flexibility index (Phi) is 4.99. The highest BCUT2D eigenvalue weighted by Gasteiger charge is 2.24. The number of amides is 2. The van der Waals surface area contributed by atoms with Crippen LogP contribution in [0.5, 0.6) is 0 Å². The minimum Gasteiger partial charge on any atom is -0.334 e. The molecule has 1 aliphatic heterocycles. The molecule has 0 saturated carbocycles. The van der Waals surface area contributed by atoms with Crippen molar-refractivity contribution in [3.05, 3.63) is 76.0 Å². The number of carbonyl (C=O) groups excluding carboxylic acids is 2. The summed E-state index contributed by atoms with van der Waals surface area (Å²) in [4.78, 5) is 25.6. The van der Waals surface area contributed by atoms with Crippen LogP contribution in [0.3, 0.4) is 0 Å². The molecule has 1 aliphatic rings. The number of rotatable bonds is 3. The first-order chi connectivity index (χ1) is 12.0. The van der Waals surface area contributed by atoms with E-state index < -0.39 is 0 Å². The highest BCUT2D eigenvalue weighted by molar-refractivity contribution is 9.10. The molecule has 0 unspecified atom stereocenters. The number of hydrogen-bond donors (Lipinski definition) is 1. The maximum absolute atomic E-state index is 14.2. The van der Waals surface area contributed by atoms with Crippen LogP contribution >= 0.6 is 15.9 Å². The molecule has 2 aromatic carbocycles. The van der Waals surface area contributed by atoms with E-state index in [4.69, 9.17) is 0 Å². The number of carbonyl (C=O) groups is 2. The molecule has 0 aromatic heterocycles. The summed E-state index contributed by atoms with van der Waals surface area (Å²) in [5.41, 5.74) is 2.58. The molecule has 2 aromatic rings. The quantitative estimate of drug-likeness (QED) is 0.791. The minimum absolute atomic E-state index is 0.158. The predicted molar refractivity (Wildman–Crippen MR) is 97.8 cm³/mol. The zero-order valence-electron chi connectivity index (χ0n) is 13.4. The Hall–Kier alpha value is -2.47. The van der Waals surface area contributed by atoms with Gasteiger partial charge in [-0.05, 0) is 54.5 Å². The van der Waals surface area contributed by atoms with Gasteiger partial charge in [0.1, 0.15) is 5.82 Å². The molecule has 25 heavy (non-hydrogen) atoms. The molecule has 1 heterocycles. The minimum atomic E-state index is -0.312. The monoisotopic (exact) mass is 402 g/mol. The Morgan fingerprint density at radius 2 is 1.96 bits per heavy atom. The summed E-state index contributed by atoms with van der Waals surface area (Å²) in [6.45, 7) is 4.18. The molecule has 0 radical (unpaired) electrons. The van der Waals surface area contributed by atoms with Gasteiger partial charge in [-0.1, -0.05) is 22.5 Å². The molecule has 0 spiro atoms. The van der Waals surface area contributed by atoms with E-state index in [0.717, 1.165) is 5.56 Å². The van der Waals surface area contributed by atoms with Crippen molar-refractivity contribution < 1.29 is 14.0 Å². The van der Waals surface area contributed by atoms with Crippen LogP contribution in [0.15, 0.2) is 53.5 Å². The fraction of sp³-hybridized carbons (Fsp3) is 0.158. The molecule has 0 bridgehead atoms. The number of benzene rings is 2. The zero-order valence-corrected chi connectivity index (χ0v) is 15.0. The van der Waals surface area contributed by atoms with E-state index in [0.29, 0.717) is 34.3 Å². The maximum Gasteiger partial charge on any atom is 0.254 e. The van der Waals surface area contributed by atoms with Crippen LogP contribution in [0.25, 0.3) is 0 Å². The van der Waals surface area contributed by atoms with E-state index in [1.54, 1.807) is 29.2 Å². The third kappa shape index (κ3) is 3.79. The molecule has 0 atom stereocenters. The first-order valence-corrected chi connectivity index (χ1v) is 8.57. The Balaban J connectivity index is 1.75. The molecule has 2 amide bonds. The van der Waals surface area contributed by atoms with Crippen LogP contribution in [0.4, 0.5) is 10.1 Å². The summed E-state index contributed by atoms with van der Waals surface area (Å²) < 4.78 is 14.9. The number of nitrogens with zero attached hydrogens (tertiary/aromatic N) is 1. The molecular formula is C19H16BrFN2O2. The third-order valence-corrected chi connectivity index (χ3v) is 4.58. The zero-order chi connectivity index (χ0) is 18.0. The summed E-state index contributed by atoms with van der Waals surface area (Å²) in [7, 11) is 0. The van der Waals surface area contributed by atoms with E-state index in [1.165, 1.54) is 12.1 Å². The van der Waals surface area contributed by atoms with Crippen LogP contribution in [-0.4, -0.2) is 23.3 Å². The lowest BCUT2D eigenvalue weighted by atomic mass is 9.98. The van der Waals surface area contributed by atoms with Crippen molar-refractivity contribution in [3.63, 3.8) is 0 Å². The molecule has 4 nitrogen and oxygen atoms in total. The topological polar surface area (TPSA) is 49.4 Å². The number of nitrogens with one attached hydrogen (secondary N) is 1. The van der Waals surface area contributed by atoms with E-state index in [1.807, 2.05) is 6.07 Å². The normalized spacial score (nSPS) is 13.1. The Bertz CT molecular complexity index is 849. The summed E-state index contributed by atoms with van der Waals surface area (Å²) >= 11 is 3.29. The fourth-order valence-corrected chi connectivity index (χ4v) is 3.30. The molecule has 0 aliphatic carbocycles. The van der Waals surface area contributed by atoms with Crippen LogP contribution in [0.2, 0.25) is 0 Å². The van der Waals surface area contributed by atoms with Crippen molar-refractivity contribution in [1.29, 1.82) is 0 Å². The third-order valence-electron chi connectivity index (χ3n) is 4.12. The fourth-order valence-electron chi connectivity index (χ4n) is 2.83. The Morgan fingerprint density at radius 3 is 2.64 bits per heavy atom. The van der Waals surface area contributed by atoms with Gasteiger partial charge in [-0.25, -0.2) is 4.39 Å². The van der Waals surface area contributed by atoms with Gasteiger partial charge < -0.3 is 10.2 Å². The van der Waals surface area contributed by atoms with E-state index in [2.05, 4.69) is 27.8 Å². The number of halogens is 2. The highest BCUT2D eigenvalue weighted by atomic mass is 79.9. The van der Waals surface area contributed by atoms with Gasteiger partial charge in [-0.15, -0.1) is 0 Å². The lowest BCUT2D eigenvalue weighted by molar-refractivity contribution is -0.111. The summed E-state index contributed by atoms with van der Waals surface area (Å²) in [5.74, 6) is -0.771. The average molecular weight is 403 g/mol. The van der Waals surface area contributed by atoms with Crippen LogP contribution in [0.1, 0.15) is 21.5 Å². The van der Waals surface area contributed by atoms with Gasteiger partial charge in [0.05, 0.1) is 0 Å². The second-order valence-corrected chi connectivity index (χ2v) is 6.69. The van der Waals surface area contributed by atoms with Crippen molar-refractivity contribution in [2.75, 3.05) is 11.9 Å².